The van der Waals surface area contributed by atoms with Crippen molar-refractivity contribution in [2.75, 3.05) is 0 Å². The molecule has 2 heterocycles. The van der Waals surface area contributed by atoms with E-state index in [4.69, 9.17) is 14.7 Å². The van der Waals surface area contributed by atoms with E-state index in [2.05, 4.69) is 4.98 Å². The third-order valence-electron chi connectivity index (χ3n) is 5.89. The van der Waals surface area contributed by atoms with Crippen LogP contribution in [0, 0.1) is 17.2 Å². The Labute approximate surface area is 173 Å². The minimum absolute atomic E-state index is 0.149. The molecule has 30 heavy (non-hydrogen) atoms. The highest BCUT2D eigenvalue weighted by molar-refractivity contribution is 5.78. The molecule has 1 aliphatic carbocycles. The van der Waals surface area contributed by atoms with Gasteiger partial charge in [-0.2, -0.15) is 5.26 Å². The number of ether oxygens (including phenoxy) is 2. The highest BCUT2D eigenvalue weighted by Gasteiger charge is 2.63. The molecule has 1 aromatic heterocycles. The van der Waals surface area contributed by atoms with E-state index < -0.39 is 29.5 Å². The van der Waals surface area contributed by atoms with Gasteiger partial charge in [0, 0.05) is 12.1 Å². The lowest BCUT2D eigenvalue weighted by atomic mass is 9.87. The van der Waals surface area contributed by atoms with Gasteiger partial charge in [-0.1, -0.05) is 30.3 Å². The van der Waals surface area contributed by atoms with Crippen LogP contribution in [0.15, 0.2) is 72.9 Å². The van der Waals surface area contributed by atoms with Crippen LogP contribution in [-0.4, -0.2) is 22.2 Å². The van der Waals surface area contributed by atoms with Crippen molar-refractivity contribution in [3.05, 3.63) is 89.7 Å². The van der Waals surface area contributed by atoms with Crippen molar-refractivity contribution in [2.24, 2.45) is 5.92 Å². The third kappa shape index (κ3) is 2.83. The fourth-order valence-corrected chi connectivity index (χ4v) is 4.54. The number of carbonyl (C=O) groups is 1. The predicted molar refractivity (Wildman–Crippen MR) is 107 cm³/mol. The van der Waals surface area contributed by atoms with Gasteiger partial charge in [0.05, 0.1) is 17.6 Å². The fraction of sp³-hybridized carbons (Fsp3) is 0.208. The molecule has 1 saturated carbocycles. The van der Waals surface area contributed by atoms with Gasteiger partial charge in [-0.05, 0) is 48.4 Å². The number of benzene rings is 2. The van der Waals surface area contributed by atoms with Gasteiger partial charge in [0.2, 0.25) is 0 Å². The number of aliphatic hydroxyl groups is 1. The summed E-state index contributed by atoms with van der Waals surface area (Å²) in [6, 6.07) is 21.5. The highest BCUT2D eigenvalue weighted by Crippen LogP contribution is 2.57. The lowest BCUT2D eigenvalue weighted by Gasteiger charge is -2.25. The van der Waals surface area contributed by atoms with Crippen LogP contribution >= 0.6 is 0 Å². The largest absolute Gasteiger partial charge is 0.484 e. The Kier molecular flexibility index (Phi) is 4.27. The summed E-state index contributed by atoms with van der Waals surface area (Å²) < 4.78 is 11.7. The second kappa shape index (κ2) is 6.97. The summed E-state index contributed by atoms with van der Waals surface area (Å²) in [5, 5.41) is 20.5. The van der Waals surface area contributed by atoms with Gasteiger partial charge in [0.1, 0.15) is 28.9 Å². The minimum Gasteiger partial charge on any atom is -0.484 e. The number of nitrogens with zero attached hydrogens (tertiary/aromatic N) is 2. The van der Waals surface area contributed by atoms with E-state index in [0.717, 1.165) is 5.56 Å². The molecule has 0 radical (unpaired) electrons. The molecular weight excluding hydrogens is 380 g/mol. The Bertz CT molecular complexity index is 1140. The number of pyridine rings is 1. The Morgan fingerprint density at radius 3 is 2.63 bits per heavy atom. The third-order valence-corrected chi connectivity index (χ3v) is 5.89. The second-order valence-corrected chi connectivity index (χ2v) is 7.62. The van der Waals surface area contributed by atoms with Gasteiger partial charge in [-0.25, -0.2) is 0 Å². The normalized spacial score (nSPS) is 26.2. The van der Waals surface area contributed by atoms with E-state index >= 15 is 0 Å². The Morgan fingerprint density at radius 1 is 1.13 bits per heavy atom. The number of fused-ring (bicyclic) bond motifs is 3. The van der Waals surface area contributed by atoms with E-state index in [0.29, 0.717) is 22.8 Å². The summed E-state index contributed by atoms with van der Waals surface area (Å²) >= 11 is 0. The number of aromatic nitrogens is 1. The number of hydrogen-bond acceptors (Lipinski definition) is 6. The summed E-state index contributed by atoms with van der Waals surface area (Å²) in [6.07, 6.45) is 1.13. The molecule has 0 spiro atoms. The molecular formula is C24H18N2O4. The van der Waals surface area contributed by atoms with Crippen LogP contribution in [0.2, 0.25) is 0 Å². The standard InChI is InChI=1S/C24H18N2O4/c25-14-15-8-10-17(11-9-15)29-23(27)18-13-24(28)21-19(7-4-12-26-21)30-22(24)20(18)16-5-2-1-3-6-16/h1-12,18,20,22,28H,13H2. The average Bonchev–Trinajstić information content (AvgIpc) is 3.23. The first-order valence-electron chi connectivity index (χ1n) is 9.71. The van der Waals surface area contributed by atoms with Crippen LogP contribution in [-0.2, 0) is 10.4 Å². The summed E-state index contributed by atoms with van der Waals surface area (Å²) in [5.74, 6) is -0.555. The van der Waals surface area contributed by atoms with Crippen LogP contribution < -0.4 is 9.47 Å². The van der Waals surface area contributed by atoms with Gasteiger partial charge in [0.25, 0.3) is 0 Å². The smallest absolute Gasteiger partial charge is 0.315 e. The maximum Gasteiger partial charge on any atom is 0.315 e. The summed E-state index contributed by atoms with van der Waals surface area (Å²) in [6.45, 7) is 0. The lowest BCUT2D eigenvalue weighted by Crippen LogP contribution is -2.36. The van der Waals surface area contributed by atoms with Crippen LogP contribution in [0.1, 0.15) is 29.2 Å². The molecule has 1 fully saturated rings. The zero-order chi connectivity index (χ0) is 20.7. The molecule has 6 heteroatoms. The minimum atomic E-state index is -1.37. The van der Waals surface area contributed by atoms with Gasteiger partial charge in [-0.15, -0.1) is 0 Å². The summed E-state index contributed by atoms with van der Waals surface area (Å²) in [7, 11) is 0. The highest BCUT2D eigenvalue weighted by atomic mass is 16.5. The maximum atomic E-state index is 13.2. The predicted octanol–water partition coefficient (Wildman–Crippen LogP) is 3.31. The average molecular weight is 398 g/mol. The van der Waals surface area contributed by atoms with Crippen LogP contribution in [0.3, 0.4) is 0 Å². The first-order chi connectivity index (χ1) is 14.6. The van der Waals surface area contributed by atoms with Crippen LogP contribution in [0.25, 0.3) is 0 Å². The summed E-state index contributed by atoms with van der Waals surface area (Å²) in [4.78, 5) is 17.5. The number of carbonyl (C=O) groups excluding carboxylic acids is 1. The van der Waals surface area contributed by atoms with Crippen molar-refractivity contribution >= 4 is 5.97 Å². The molecule has 2 aliphatic rings. The lowest BCUT2D eigenvalue weighted by molar-refractivity contribution is -0.140. The molecule has 0 amide bonds. The molecule has 1 N–H and O–H groups in total. The molecule has 6 nitrogen and oxygen atoms in total. The first-order valence-corrected chi connectivity index (χ1v) is 9.71. The number of rotatable bonds is 3. The summed E-state index contributed by atoms with van der Waals surface area (Å²) in [5.41, 5.74) is 0.473. The topological polar surface area (TPSA) is 92.4 Å². The van der Waals surface area contributed by atoms with Crippen molar-refractivity contribution in [3.8, 4) is 17.6 Å². The quantitative estimate of drug-likeness (QED) is 0.538. The monoisotopic (exact) mass is 398 g/mol. The van der Waals surface area contributed by atoms with E-state index in [9.17, 15) is 9.90 Å². The van der Waals surface area contributed by atoms with Crippen molar-refractivity contribution in [2.45, 2.75) is 24.0 Å². The molecule has 2 aromatic carbocycles. The zero-order valence-corrected chi connectivity index (χ0v) is 15.9. The first kappa shape index (κ1) is 18.3. The van der Waals surface area contributed by atoms with Gasteiger partial charge in [-0.3, -0.25) is 9.78 Å². The molecule has 3 aromatic rings. The number of hydrogen-bond donors (Lipinski definition) is 1. The Hall–Kier alpha value is -3.69. The second-order valence-electron chi connectivity index (χ2n) is 7.62. The van der Waals surface area contributed by atoms with Gasteiger partial charge >= 0.3 is 5.97 Å². The molecule has 4 unspecified atom stereocenters. The van der Waals surface area contributed by atoms with Gasteiger partial charge < -0.3 is 14.6 Å². The van der Waals surface area contributed by atoms with Crippen LogP contribution in [0.4, 0.5) is 0 Å². The van der Waals surface area contributed by atoms with Crippen molar-refractivity contribution in [3.63, 3.8) is 0 Å². The van der Waals surface area contributed by atoms with Crippen molar-refractivity contribution < 1.29 is 19.4 Å². The molecule has 148 valence electrons. The molecule has 5 rings (SSSR count). The van der Waals surface area contributed by atoms with E-state index in [1.807, 2.05) is 36.4 Å². The maximum absolute atomic E-state index is 13.2. The Morgan fingerprint density at radius 2 is 1.90 bits per heavy atom. The SMILES string of the molecule is N#Cc1ccc(OC(=O)C2CC3(O)c4ncccc4OC3C2c2ccccc2)cc1. The van der Waals surface area contributed by atoms with E-state index in [1.165, 1.54) is 0 Å². The van der Waals surface area contributed by atoms with Crippen molar-refractivity contribution in [1.29, 1.82) is 5.26 Å². The van der Waals surface area contributed by atoms with Crippen LogP contribution in [0.5, 0.6) is 11.5 Å². The molecule has 0 bridgehead atoms. The van der Waals surface area contributed by atoms with E-state index in [-0.39, 0.29) is 6.42 Å². The zero-order valence-electron chi connectivity index (χ0n) is 15.9. The number of esters is 1. The fourth-order valence-electron chi connectivity index (χ4n) is 4.54. The number of nitriles is 1. The Balaban J connectivity index is 1.50. The molecule has 0 saturated heterocycles. The molecule has 4 atom stereocenters. The van der Waals surface area contributed by atoms with Gasteiger partial charge in [0.15, 0.2) is 0 Å². The molecule has 1 aliphatic heterocycles. The van der Waals surface area contributed by atoms with Crippen molar-refractivity contribution in [1.82, 2.24) is 4.98 Å². The van der Waals surface area contributed by atoms with E-state index in [1.54, 1.807) is 42.6 Å².